The Labute approximate surface area is 106 Å². The normalized spacial score (nSPS) is 11.4. The number of benzene rings is 1. The van der Waals surface area contributed by atoms with Crippen molar-refractivity contribution in [2.75, 3.05) is 14.2 Å². The molecule has 1 aromatic carbocycles. The minimum atomic E-state index is -3.63. The Morgan fingerprint density at radius 1 is 1.18 bits per heavy atom. The molecule has 96 valence electrons. The fourth-order valence-electron chi connectivity index (χ4n) is 1.72. The molecule has 0 radical (unpaired) electrons. The number of ether oxygens (including phenoxy) is 2. The molecule has 0 unspecified atom stereocenters. The second kappa shape index (κ2) is 5.14. The third-order valence-corrected chi connectivity index (χ3v) is 3.60. The van der Waals surface area contributed by atoms with Crippen molar-refractivity contribution < 1.29 is 17.9 Å². The molecule has 0 aromatic heterocycles. The van der Waals surface area contributed by atoms with E-state index in [1.807, 2.05) is 13.8 Å². The first kappa shape index (κ1) is 14.1. The van der Waals surface area contributed by atoms with E-state index < -0.39 is 9.05 Å². The molecular weight excluding hydrogens is 264 g/mol. The van der Waals surface area contributed by atoms with Gasteiger partial charge in [-0.3, -0.25) is 0 Å². The molecule has 0 bridgehead atoms. The van der Waals surface area contributed by atoms with Gasteiger partial charge >= 0.3 is 0 Å². The van der Waals surface area contributed by atoms with Crippen LogP contribution in [-0.4, -0.2) is 22.6 Å². The van der Waals surface area contributed by atoms with E-state index in [1.165, 1.54) is 14.2 Å². The molecular formula is C11H15ClO4S. The molecule has 0 atom stereocenters. The van der Waals surface area contributed by atoms with Gasteiger partial charge in [0.1, 0.15) is 11.5 Å². The highest BCUT2D eigenvalue weighted by atomic mass is 35.7. The Hall–Kier alpha value is -0.940. The summed E-state index contributed by atoms with van der Waals surface area (Å²) in [6.45, 7) is 3.73. The van der Waals surface area contributed by atoms with Crippen LogP contribution in [0, 0.1) is 13.8 Å². The van der Waals surface area contributed by atoms with Crippen LogP contribution in [0.15, 0.2) is 6.07 Å². The molecule has 0 N–H and O–H groups in total. The molecule has 0 heterocycles. The van der Waals surface area contributed by atoms with E-state index in [0.717, 1.165) is 11.1 Å². The summed E-state index contributed by atoms with van der Waals surface area (Å²) in [7, 11) is 4.67. The van der Waals surface area contributed by atoms with E-state index in [1.54, 1.807) is 6.07 Å². The maximum absolute atomic E-state index is 11.1. The van der Waals surface area contributed by atoms with Gasteiger partial charge in [0.2, 0.25) is 9.05 Å². The fourth-order valence-corrected chi connectivity index (χ4v) is 2.66. The molecule has 4 nitrogen and oxygen atoms in total. The first-order valence-electron chi connectivity index (χ1n) is 4.93. The van der Waals surface area contributed by atoms with E-state index in [4.69, 9.17) is 20.2 Å². The zero-order valence-corrected chi connectivity index (χ0v) is 11.8. The quantitative estimate of drug-likeness (QED) is 0.794. The van der Waals surface area contributed by atoms with Gasteiger partial charge in [0.05, 0.1) is 20.0 Å². The minimum Gasteiger partial charge on any atom is -0.496 e. The lowest BCUT2D eigenvalue weighted by Crippen LogP contribution is -2.03. The lowest BCUT2D eigenvalue weighted by molar-refractivity contribution is 0.394. The summed E-state index contributed by atoms with van der Waals surface area (Å²) in [4.78, 5) is 0. The zero-order chi connectivity index (χ0) is 13.2. The van der Waals surface area contributed by atoms with Gasteiger partial charge in [0.15, 0.2) is 0 Å². The Morgan fingerprint density at radius 2 is 1.76 bits per heavy atom. The van der Waals surface area contributed by atoms with Crippen molar-refractivity contribution in [3.8, 4) is 11.5 Å². The number of rotatable bonds is 4. The molecule has 17 heavy (non-hydrogen) atoms. The first-order valence-corrected chi connectivity index (χ1v) is 7.41. The number of halogens is 1. The summed E-state index contributed by atoms with van der Waals surface area (Å²) in [5.74, 6) is 0.876. The highest BCUT2D eigenvalue weighted by Gasteiger charge is 2.18. The third-order valence-electron chi connectivity index (χ3n) is 2.62. The lowest BCUT2D eigenvalue weighted by Gasteiger charge is -2.15. The van der Waals surface area contributed by atoms with Gasteiger partial charge in [0.25, 0.3) is 0 Å². The highest BCUT2D eigenvalue weighted by Crippen LogP contribution is 2.34. The summed E-state index contributed by atoms with van der Waals surface area (Å²) in [6, 6.07) is 1.64. The van der Waals surface area contributed by atoms with Crippen LogP contribution in [0.5, 0.6) is 11.5 Å². The second-order valence-corrected chi connectivity index (χ2v) is 6.48. The summed E-state index contributed by atoms with van der Waals surface area (Å²) in [6.07, 6.45) is 0. The lowest BCUT2D eigenvalue weighted by atomic mass is 10.0. The second-order valence-electron chi connectivity index (χ2n) is 3.70. The number of hydrogen-bond acceptors (Lipinski definition) is 4. The zero-order valence-electron chi connectivity index (χ0n) is 10.2. The smallest absolute Gasteiger partial charge is 0.236 e. The van der Waals surface area contributed by atoms with Crippen LogP contribution in [0.1, 0.15) is 16.7 Å². The van der Waals surface area contributed by atoms with Crippen LogP contribution < -0.4 is 9.47 Å². The predicted molar refractivity (Wildman–Crippen MR) is 67.5 cm³/mol. The molecule has 1 aromatic rings. The van der Waals surface area contributed by atoms with Gasteiger partial charge in [-0.25, -0.2) is 8.42 Å². The van der Waals surface area contributed by atoms with Gasteiger partial charge in [-0.2, -0.15) is 0 Å². The molecule has 0 fully saturated rings. The first-order chi connectivity index (χ1) is 7.80. The van der Waals surface area contributed by atoms with Crippen LogP contribution in [0.4, 0.5) is 0 Å². The van der Waals surface area contributed by atoms with Crippen molar-refractivity contribution in [3.63, 3.8) is 0 Å². The van der Waals surface area contributed by atoms with E-state index in [0.29, 0.717) is 17.1 Å². The molecule has 0 aliphatic carbocycles. The Morgan fingerprint density at radius 3 is 2.18 bits per heavy atom. The minimum absolute atomic E-state index is 0.283. The van der Waals surface area contributed by atoms with Gasteiger partial charge in [-0.15, -0.1) is 0 Å². The van der Waals surface area contributed by atoms with Gasteiger partial charge in [-0.05, 0) is 31.0 Å². The summed E-state index contributed by atoms with van der Waals surface area (Å²) in [5, 5.41) is 0. The van der Waals surface area contributed by atoms with E-state index in [-0.39, 0.29) is 5.75 Å². The standard InChI is InChI=1S/C11H15ClO4S/c1-7-8(2)11(16-4)9(5-10(7)15-3)6-17(12,13)14/h5H,6H2,1-4H3. The van der Waals surface area contributed by atoms with E-state index >= 15 is 0 Å². The maximum atomic E-state index is 11.1. The average Bonchev–Trinajstić information content (AvgIpc) is 2.21. The van der Waals surface area contributed by atoms with E-state index in [2.05, 4.69) is 0 Å². The SMILES string of the molecule is COc1cc(CS(=O)(=O)Cl)c(OC)c(C)c1C. The third kappa shape index (κ3) is 3.26. The summed E-state index contributed by atoms with van der Waals surface area (Å²) >= 11 is 0. The molecule has 0 aliphatic heterocycles. The van der Waals surface area contributed by atoms with Crippen molar-refractivity contribution in [1.82, 2.24) is 0 Å². The Bertz CT molecular complexity index is 523. The molecule has 1 rings (SSSR count). The molecule has 0 amide bonds. The van der Waals surface area contributed by atoms with Crippen molar-refractivity contribution in [1.29, 1.82) is 0 Å². The molecule has 0 saturated carbocycles. The average molecular weight is 279 g/mol. The molecule has 0 spiro atoms. The summed E-state index contributed by atoms with van der Waals surface area (Å²) < 4.78 is 32.7. The largest absolute Gasteiger partial charge is 0.496 e. The fraction of sp³-hybridized carbons (Fsp3) is 0.455. The van der Waals surface area contributed by atoms with E-state index in [9.17, 15) is 8.42 Å². The Kier molecular flexibility index (Phi) is 4.27. The topological polar surface area (TPSA) is 52.6 Å². The summed E-state index contributed by atoms with van der Waals surface area (Å²) in [5.41, 5.74) is 2.27. The Balaban J connectivity index is 3.42. The molecule has 6 heteroatoms. The van der Waals surface area contributed by atoms with Crippen LogP contribution in [-0.2, 0) is 14.8 Å². The van der Waals surface area contributed by atoms with Crippen LogP contribution in [0.2, 0.25) is 0 Å². The van der Waals surface area contributed by atoms with Crippen molar-refractivity contribution in [3.05, 3.63) is 22.8 Å². The molecule has 0 saturated heterocycles. The van der Waals surface area contributed by atoms with Crippen LogP contribution in [0.3, 0.4) is 0 Å². The number of hydrogen-bond donors (Lipinski definition) is 0. The number of methoxy groups -OCH3 is 2. The van der Waals surface area contributed by atoms with Gasteiger partial charge in [0, 0.05) is 16.2 Å². The monoisotopic (exact) mass is 278 g/mol. The highest BCUT2D eigenvalue weighted by molar-refractivity contribution is 8.13. The van der Waals surface area contributed by atoms with Gasteiger partial charge in [-0.1, -0.05) is 0 Å². The van der Waals surface area contributed by atoms with Crippen molar-refractivity contribution in [2.45, 2.75) is 19.6 Å². The van der Waals surface area contributed by atoms with Crippen LogP contribution in [0.25, 0.3) is 0 Å². The van der Waals surface area contributed by atoms with Crippen molar-refractivity contribution in [2.24, 2.45) is 0 Å². The van der Waals surface area contributed by atoms with Crippen molar-refractivity contribution >= 4 is 19.7 Å². The van der Waals surface area contributed by atoms with Gasteiger partial charge < -0.3 is 9.47 Å². The molecule has 0 aliphatic rings. The maximum Gasteiger partial charge on any atom is 0.236 e. The van der Waals surface area contributed by atoms with Crippen LogP contribution >= 0.6 is 10.7 Å². The predicted octanol–water partition coefficient (Wildman–Crippen LogP) is 2.39.